The van der Waals surface area contributed by atoms with Crippen molar-refractivity contribution in [3.05, 3.63) is 124 Å². The van der Waals surface area contributed by atoms with Crippen LogP contribution >= 0.6 is 0 Å². The molecule has 0 aliphatic heterocycles. The monoisotopic (exact) mass is 543 g/mol. The summed E-state index contributed by atoms with van der Waals surface area (Å²) in [5.41, 5.74) is -2.35. The number of hydrogen-bond donors (Lipinski definition) is 1. The Morgan fingerprint density at radius 1 is 0.692 bits per heavy atom. The number of aliphatic imine (C=N–C) groups is 1. The van der Waals surface area contributed by atoms with Crippen LogP contribution < -0.4 is 4.74 Å². The number of aromatic hydroxyl groups is 1. The van der Waals surface area contributed by atoms with Crippen LogP contribution in [0.5, 0.6) is 11.5 Å². The van der Waals surface area contributed by atoms with Crippen LogP contribution in [0, 0.1) is 0 Å². The Bertz CT molecular complexity index is 1410. The molecule has 39 heavy (non-hydrogen) atoms. The van der Waals surface area contributed by atoms with Crippen molar-refractivity contribution in [1.29, 1.82) is 0 Å². The first kappa shape index (κ1) is 27.8. The summed E-state index contributed by atoms with van der Waals surface area (Å²) in [6.07, 6.45) is -9.00. The standard InChI is InChI=1S/C30H23F6NO2/c1-28(20-9-5-3-6-10-20,21-11-7-4-8-12-21)26-17-25(39-2)13-19(27(26)38)18-37-24-15-22(29(31,32)33)14-23(16-24)30(34,35)36/h3-18,38H,1-2H3. The number of halogens is 6. The molecular weight excluding hydrogens is 520 g/mol. The minimum atomic E-state index is -5.01. The summed E-state index contributed by atoms with van der Waals surface area (Å²) in [6, 6.07) is 22.8. The fourth-order valence-corrected chi connectivity index (χ4v) is 4.40. The molecule has 1 N–H and O–H groups in total. The molecule has 3 nitrogen and oxygen atoms in total. The maximum absolute atomic E-state index is 13.3. The predicted octanol–water partition coefficient (Wildman–Crippen LogP) is 8.54. The van der Waals surface area contributed by atoms with E-state index in [0.717, 1.165) is 17.3 Å². The van der Waals surface area contributed by atoms with Gasteiger partial charge in [0.15, 0.2) is 0 Å². The lowest BCUT2D eigenvalue weighted by atomic mass is 9.70. The average Bonchev–Trinajstić information content (AvgIpc) is 2.92. The summed E-state index contributed by atoms with van der Waals surface area (Å²) >= 11 is 0. The van der Waals surface area contributed by atoms with Gasteiger partial charge in [0.05, 0.1) is 23.9 Å². The highest BCUT2D eigenvalue weighted by molar-refractivity contribution is 5.87. The van der Waals surface area contributed by atoms with Gasteiger partial charge in [-0.15, -0.1) is 0 Å². The second-order valence-electron chi connectivity index (χ2n) is 8.99. The Balaban J connectivity index is 1.90. The number of phenolic OH excluding ortho intramolecular Hbond substituents is 1. The largest absolute Gasteiger partial charge is 0.507 e. The van der Waals surface area contributed by atoms with E-state index in [0.29, 0.717) is 23.4 Å². The van der Waals surface area contributed by atoms with Gasteiger partial charge in [-0.05, 0) is 48.4 Å². The van der Waals surface area contributed by atoms with E-state index in [-0.39, 0.29) is 17.4 Å². The lowest BCUT2D eigenvalue weighted by Gasteiger charge is -2.33. The number of alkyl halides is 6. The molecule has 4 aromatic carbocycles. The van der Waals surface area contributed by atoms with E-state index in [4.69, 9.17) is 4.74 Å². The third-order valence-corrected chi connectivity index (χ3v) is 6.51. The summed E-state index contributed by atoms with van der Waals surface area (Å²) < 4.78 is 85.2. The highest BCUT2D eigenvalue weighted by Crippen LogP contribution is 2.45. The van der Waals surface area contributed by atoms with Crippen LogP contribution in [0.3, 0.4) is 0 Å². The van der Waals surface area contributed by atoms with Crippen LogP contribution in [0.2, 0.25) is 0 Å². The first-order valence-electron chi connectivity index (χ1n) is 11.7. The molecule has 0 saturated heterocycles. The number of hydrogen-bond acceptors (Lipinski definition) is 3. The summed E-state index contributed by atoms with van der Waals surface area (Å²) in [5, 5.41) is 11.4. The van der Waals surface area contributed by atoms with Gasteiger partial charge in [-0.3, -0.25) is 4.99 Å². The third-order valence-electron chi connectivity index (χ3n) is 6.51. The zero-order valence-corrected chi connectivity index (χ0v) is 20.8. The molecule has 0 saturated carbocycles. The van der Waals surface area contributed by atoms with E-state index in [1.807, 2.05) is 67.6 Å². The van der Waals surface area contributed by atoms with E-state index in [1.54, 1.807) is 6.07 Å². The summed E-state index contributed by atoms with van der Waals surface area (Å²) in [5.74, 6) is 0.0557. The smallest absolute Gasteiger partial charge is 0.416 e. The van der Waals surface area contributed by atoms with E-state index >= 15 is 0 Å². The van der Waals surface area contributed by atoms with Crippen molar-refractivity contribution in [2.45, 2.75) is 24.7 Å². The van der Waals surface area contributed by atoms with E-state index in [9.17, 15) is 31.4 Å². The van der Waals surface area contributed by atoms with Crippen LogP contribution in [0.25, 0.3) is 0 Å². The van der Waals surface area contributed by atoms with Gasteiger partial charge >= 0.3 is 12.4 Å². The van der Waals surface area contributed by atoms with Crippen LogP contribution in [-0.2, 0) is 17.8 Å². The number of benzene rings is 4. The maximum Gasteiger partial charge on any atom is 0.416 e. The number of phenols is 1. The molecule has 9 heteroatoms. The van der Waals surface area contributed by atoms with Gasteiger partial charge in [0.2, 0.25) is 0 Å². The zero-order chi connectivity index (χ0) is 28.4. The quantitative estimate of drug-likeness (QED) is 0.150. The number of ether oxygens (including phenoxy) is 1. The molecule has 0 unspecified atom stereocenters. The normalized spacial score (nSPS) is 12.6. The molecule has 0 spiro atoms. The van der Waals surface area contributed by atoms with Crippen LogP contribution in [0.15, 0.2) is 96.0 Å². The molecule has 4 rings (SSSR count). The van der Waals surface area contributed by atoms with Gasteiger partial charge in [-0.25, -0.2) is 0 Å². The highest BCUT2D eigenvalue weighted by Gasteiger charge is 2.37. The first-order chi connectivity index (χ1) is 18.3. The molecule has 0 amide bonds. The lowest BCUT2D eigenvalue weighted by molar-refractivity contribution is -0.143. The van der Waals surface area contributed by atoms with Gasteiger partial charge in [-0.1, -0.05) is 60.7 Å². The predicted molar refractivity (Wildman–Crippen MR) is 137 cm³/mol. The van der Waals surface area contributed by atoms with E-state index < -0.39 is 34.6 Å². The van der Waals surface area contributed by atoms with Gasteiger partial charge in [0, 0.05) is 22.8 Å². The lowest BCUT2D eigenvalue weighted by Crippen LogP contribution is -2.25. The van der Waals surface area contributed by atoms with Gasteiger partial charge < -0.3 is 9.84 Å². The van der Waals surface area contributed by atoms with Gasteiger partial charge in [0.25, 0.3) is 0 Å². The fraction of sp³-hybridized carbons (Fsp3) is 0.167. The Hall–Kier alpha value is -4.27. The Morgan fingerprint density at radius 2 is 1.18 bits per heavy atom. The zero-order valence-electron chi connectivity index (χ0n) is 20.8. The summed E-state index contributed by atoms with van der Waals surface area (Å²) in [7, 11) is 1.40. The molecule has 4 aromatic rings. The Kier molecular flexibility index (Phi) is 7.46. The minimum Gasteiger partial charge on any atom is -0.507 e. The molecule has 0 atom stereocenters. The molecule has 202 valence electrons. The second kappa shape index (κ2) is 10.5. The maximum atomic E-state index is 13.3. The van der Waals surface area contributed by atoms with Crippen molar-refractivity contribution in [3.8, 4) is 11.5 Å². The van der Waals surface area contributed by atoms with Crippen molar-refractivity contribution in [2.75, 3.05) is 7.11 Å². The molecule has 0 aliphatic rings. The highest BCUT2D eigenvalue weighted by atomic mass is 19.4. The van der Waals surface area contributed by atoms with Crippen molar-refractivity contribution in [2.24, 2.45) is 4.99 Å². The number of rotatable bonds is 6. The number of methoxy groups -OCH3 is 1. The van der Waals surface area contributed by atoms with Crippen molar-refractivity contribution in [1.82, 2.24) is 0 Å². The molecule has 0 bridgehead atoms. The molecule has 0 aromatic heterocycles. The van der Waals surface area contributed by atoms with Crippen LogP contribution in [-0.4, -0.2) is 18.4 Å². The molecule has 0 radical (unpaired) electrons. The summed E-state index contributed by atoms with van der Waals surface area (Å²) in [4.78, 5) is 3.89. The molecule has 0 heterocycles. The van der Waals surface area contributed by atoms with Crippen LogP contribution in [0.4, 0.5) is 32.0 Å². The molecule has 0 fully saturated rings. The first-order valence-corrected chi connectivity index (χ1v) is 11.7. The molecule has 0 aliphatic carbocycles. The fourth-order valence-electron chi connectivity index (χ4n) is 4.40. The SMILES string of the molecule is COc1cc(C=Nc2cc(C(F)(F)F)cc(C(F)(F)F)c2)c(O)c(C(C)(c2ccccc2)c2ccccc2)c1. The van der Waals surface area contributed by atoms with Crippen molar-refractivity contribution >= 4 is 11.9 Å². The minimum absolute atomic E-state index is 0.0330. The summed E-state index contributed by atoms with van der Waals surface area (Å²) in [6.45, 7) is 1.90. The van der Waals surface area contributed by atoms with E-state index in [1.165, 1.54) is 13.2 Å². The van der Waals surface area contributed by atoms with Crippen molar-refractivity contribution in [3.63, 3.8) is 0 Å². The van der Waals surface area contributed by atoms with Gasteiger partial charge in [-0.2, -0.15) is 26.3 Å². The van der Waals surface area contributed by atoms with Gasteiger partial charge in [0.1, 0.15) is 11.5 Å². The van der Waals surface area contributed by atoms with Crippen molar-refractivity contribution < 1.29 is 36.2 Å². The Labute approximate surface area is 221 Å². The topological polar surface area (TPSA) is 41.8 Å². The number of nitrogens with zero attached hydrogens (tertiary/aromatic N) is 1. The van der Waals surface area contributed by atoms with Crippen LogP contribution in [0.1, 0.15) is 40.3 Å². The Morgan fingerprint density at radius 3 is 1.62 bits per heavy atom. The molecular formula is C30H23F6NO2. The third kappa shape index (κ3) is 5.77. The van der Waals surface area contributed by atoms with E-state index in [2.05, 4.69) is 4.99 Å². The second-order valence-corrected chi connectivity index (χ2v) is 8.99. The average molecular weight is 544 g/mol.